The second-order valence-electron chi connectivity index (χ2n) is 4.24. The maximum atomic E-state index is 5.90. The van der Waals surface area contributed by atoms with E-state index >= 15 is 0 Å². The molecule has 0 saturated carbocycles. The van der Waals surface area contributed by atoms with Gasteiger partial charge in [0.2, 0.25) is 0 Å². The minimum absolute atomic E-state index is 0.204. The number of rotatable bonds is 0. The highest BCUT2D eigenvalue weighted by Crippen LogP contribution is 2.36. The van der Waals surface area contributed by atoms with Crippen LogP contribution in [0.4, 0.5) is 0 Å². The number of hydrogen-bond donors (Lipinski definition) is 0. The highest BCUT2D eigenvalue weighted by molar-refractivity contribution is 4.87. The summed E-state index contributed by atoms with van der Waals surface area (Å²) >= 11 is 0. The Bertz CT molecular complexity index is 144. The van der Waals surface area contributed by atoms with Gasteiger partial charge in [-0.05, 0) is 31.6 Å². The fourth-order valence-corrected chi connectivity index (χ4v) is 2.36. The van der Waals surface area contributed by atoms with Gasteiger partial charge in [0.05, 0.1) is 5.60 Å². The Morgan fingerprint density at radius 3 is 2.58 bits per heavy atom. The molecule has 2 nitrogen and oxygen atoms in total. The van der Waals surface area contributed by atoms with Gasteiger partial charge < -0.3 is 9.47 Å². The molecular weight excluding hydrogens is 152 g/mol. The van der Waals surface area contributed by atoms with E-state index in [4.69, 9.17) is 9.47 Å². The molecule has 2 aliphatic heterocycles. The zero-order chi connectivity index (χ0) is 8.44. The van der Waals surface area contributed by atoms with Crippen molar-refractivity contribution in [1.29, 1.82) is 0 Å². The van der Waals surface area contributed by atoms with Crippen molar-refractivity contribution in [2.24, 2.45) is 5.92 Å². The van der Waals surface area contributed by atoms with Crippen molar-refractivity contribution >= 4 is 0 Å². The fraction of sp³-hybridized carbons (Fsp3) is 1.00. The predicted molar refractivity (Wildman–Crippen MR) is 47.1 cm³/mol. The molecule has 0 amide bonds. The first-order valence-electron chi connectivity index (χ1n) is 5.02. The van der Waals surface area contributed by atoms with Gasteiger partial charge in [0.25, 0.3) is 0 Å². The van der Waals surface area contributed by atoms with E-state index in [2.05, 4.69) is 6.92 Å². The van der Waals surface area contributed by atoms with Crippen molar-refractivity contribution in [3.05, 3.63) is 0 Å². The van der Waals surface area contributed by atoms with Gasteiger partial charge in [-0.2, -0.15) is 0 Å². The molecule has 2 heterocycles. The van der Waals surface area contributed by atoms with Crippen molar-refractivity contribution in [3.8, 4) is 0 Å². The Morgan fingerprint density at radius 2 is 1.92 bits per heavy atom. The lowest BCUT2D eigenvalue weighted by atomic mass is 9.82. The average molecular weight is 170 g/mol. The van der Waals surface area contributed by atoms with E-state index in [0.717, 1.165) is 38.6 Å². The SMILES string of the molecule is CC1CCOC2(CCOCC2)C1. The van der Waals surface area contributed by atoms with Gasteiger partial charge in [0.1, 0.15) is 0 Å². The molecule has 0 bridgehead atoms. The van der Waals surface area contributed by atoms with Crippen LogP contribution in [0.15, 0.2) is 0 Å². The van der Waals surface area contributed by atoms with Gasteiger partial charge in [0.15, 0.2) is 0 Å². The standard InChI is InChI=1S/C10H18O2/c1-9-2-5-12-10(8-9)3-6-11-7-4-10/h9H,2-8H2,1H3. The monoisotopic (exact) mass is 170 g/mol. The molecule has 2 rings (SSSR count). The highest BCUT2D eigenvalue weighted by atomic mass is 16.5. The number of hydrogen-bond acceptors (Lipinski definition) is 2. The normalized spacial score (nSPS) is 35.2. The zero-order valence-electron chi connectivity index (χ0n) is 7.84. The minimum atomic E-state index is 0.204. The van der Waals surface area contributed by atoms with Crippen LogP contribution in [-0.2, 0) is 9.47 Å². The molecule has 2 aliphatic rings. The van der Waals surface area contributed by atoms with Crippen molar-refractivity contribution in [3.63, 3.8) is 0 Å². The third-order valence-electron chi connectivity index (χ3n) is 3.14. The zero-order valence-corrected chi connectivity index (χ0v) is 7.84. The summed E-state index contributed by atoms with van der Waals surface area (Å²) in [7, 11) is 0. The Balaban J connectivity index is 1.97. The van der Waals surface area contributed by atoms with Crippen LogP contribution >= 0.6 is 0 Å². The van der Waals surface area contributed by atoms with E-state index in [1.165, 1.54) is 12.8 Å². The second kappa shape index (κ2) is 3.35. The molecule has 0 aromatic heterocycles. The summed E-state index contributed by atoms with van der Waals surface area (Å²) in [6, 6.07) is 0. The van der Waals surface area contributed by atoms with E-state index in [-0.39, 0.29) is 5.60 Å². The van der Waals surface area contributed by atoms with Gasteiger partial charge in [0, 0.05) is 19.8 Å². The van der Waals surface area contributed by atoms with E-state index in [1.807, 2.05) is 0 Å². The largest absolute Gasteiger partial charge is 0.381 e. The van der Waals surface area contributed by atoms with Crippen LogP contribution in [0.2, 0.25) is 0 Å². The van der Waals surface area contributed by atoms with Crippen LogP contribution in [-0.4, -0.2) is 25.4 Å². The second-order valence-corrected chi connectivity index (χ2v) is 4.24. The summed E-state index contributed by atoms with van der Waals surface area (Å²) in [6.45, 7) is 5.08. The van der Waals surface area contributed by atoms with Crippen molar-refractivity contribution in [1.82, 2.24) is 0 Å². The molecule has 70 valence electrons. The molecular formula is C10H18O2. The molecule has 2 saturated heterocycles. The topological polar surface area (TPSA) is 18.5 Å². The Labute approximate surface area is 74.2 Å². The smallest absolute Gasteiger partial charge is 0.0728 e. The first-order valence-corrected chi connectivity index (χ1v) is 5.02. The maximum Gasteiger partial charge on any atom is 0.0728 e. The van der Waals surface area contributed by atoms with Crippen molar-refractivity contribution < 1.29 is 9.47 Å². The molecule has 1 spiro atoms. The summed E-state index contributed by atoms with van der Waals surface area (Å²) in [6.07, 6.45) is 4.70. The van der Waals surface area contributed by atoms with Crippen LogP contribution in [0.25, 0.3) is 0 Å². The average Bonchev–Trinajstić information content (AvgIpc) is 2.05. The first kappa shape index (κ1) is 8.52. The van der Waals surface area contributed by atoms with E-state index in [1.54, 1.807) is 0 Å². The maximum absolute atomic E-state index is 5.90. The third-order valence-corrected chi connectivity index (χ3v) is 3.14. The third kappa shape index (κ3) is 1.64. The Hall–Kier alpha value is -0.0800. The Morgan fingerprint density at radius 1 is 1.17 bits per heavy atom. The van der Waals surface area contributed by atoms with Gasteiger partial charge in [-0.25, -0.2) is 0 Å². The summed E-state index contributed by atoms with van der Waals surface area (Å²) in [5.41, 5.74) is 0.204. The predicted octanol–water partition coefficient (Wildman–Crippen LogP) is 1.98. The molecule has 2 fully saturated rings. The van der Waals surface area contributed by atoms with Gasteiger partial charge in [-0.15, -0.1) is 0 Å². The lowest BCUT2D eigenvalue weighted by Crippen LogP contribution is -2.43. The highest BCUT2D eigenvalue weighted by Gasteiger charge is 2.37. The van der Waals surface area contributed by atoms with Crippen LogP contribution in [0, 0.1) is 5.92 Å². The first-order chi connectivity index (χ1) is 5.81. The van der Waals surface area contributed by atoms with E-state index < -0.39 is 0 Å². The van der Waals surface area contributed by atoms with E-state index in [0.29, 0.717) is 0 Å². The summed E-state index contributed by atoms with van der Waals surface area (Å²) in [4.78, 5) is 0. The summed E-state index contributed by atoms with van der Waals surface area (Å²) in [5, 5.41) is 0. The fourth-order valence-electron chi connectivity index (χ4n) is 2.36. The quantitative estimate of drug-likeness (QED) is 0.553. The Kier molecular flexibility index (Phi) is 2.37. The van der Waals surface area contributed by atoms with Gasteiger partial charge in [-0.1, -0.05) is 6.92 Å². The van der Waals surface area contributed by atoms with Crippen LogP contribution in [0.1, 0.15) is 32.6 Å². The van der Waals surface area contributed by atoms with Crippen LogP contribution < -0.4 is 0 Å². The minimum Gasteiger partial charge on any atom is -0.381 e. The van der Waals surface area contributed by atoms with Crippen molar-refractivity contribution in [2.75, 3.05) is 19.8 Å². The molecule has 1 atom stereocenters. The van der Waals surface area contributed by atoms with E-state index in [9.17, 15) is 0 Å². The molecule has 0 aromatic rings. The number of ether oxygens (including phenoxy) is 2. The lowest BCUT2D eigenvalue weighted by molar-refractivity contribution is -0.144. The molecule has 0 aromatic carbocycles. The molecule has 0 N–H and O–H groups in total. The van der Waals surface area contributed by atoms with Crippen LogP contribution in [0.3, 0.4) is 0 Å². The summed E-state index contributed by atoms with van der Waals surface area (Å²) < 4.78 is 11.2. The molecule has 0 radical (unpaired) electrons. The van der Waals surface area contributed by atoms with Crippen molar-refractivity contribution in [2.45, 2.75) is 38.2 Å². The van der Waals surface area contributed by atoms with Gasteiger partial charge in [-0.3, -0.25) is 0 Å². The molecule has 2 heteroatoms. The van der Waals surface area contributed by atoms with Crippen LogP contribution in [0.5, 0.6) is 0 Å². The molecule has 1 unspecified atom stereocenters. The lowest BCUT2D eigenvalue weighted by Gasteiger charge is -2.42. The molecule has 0 aliphatic carbocycles. The summed E-state index contributed by atoms with van der Waals surface area (Å²) in [5.74, 6) is 0.844. The molecule has 12 heavy (non-hydrogen) atoms. The van der Waals surface area contributed by atoms with Gasteiger partial charge >= 0.3 is 0 Å².